The Balaban J connectivity index is 2.94. The molecule has 0 aliphatic heterocycles. The fourth-order valence-electron chi connectivity index (χ4n) is 1.41. The summed E-state index contributed by atoms with van der Waals surface area (Å²) >= 11 is 11.4. The number of halogens is 2. The van der Waals surface area contributed by atoms with Gasteiger partial charge in [-0.15, -0.1) is 0 Å². The number of hydrogen-bond donors (Lipinski definition) is 2. The molecular weight excluding hydrogens is 291 g/mol. The number of amides is 1. The highest BCUT2D eigenvalue weighted by Crippen LogP contribution is 2.22. The van der Waals surface area contributed by atoms with Gasteiger partial charge in [-0.05, 0) is 11.5 Å². The van der Waals surface area contributed by atoms with E-state index in [9.17, 15) is 9.59 Å². The molecule has 0 bridgehead atoms. The second kappa shape index (κ2) is 5.75. The van der Waals surface area contributed by atoms with Gasteiger partial charge in [-0.3, -0.25) is 4.79 Å². The van der Waals surface area contributed by atoms with E-state index in [0.29, 0.717) is 0 Å². The van der Waals surface area contributed by atoms with Crippen LogP contribution in [0.5, 0.6) is 0 Å². The molecule has 1 rings (SSSR count). The number of hydrogen-bond acceptors (Lipinski definition) is 3. The van der Waals surface area contributed by atoms with E-state index in [-0.39, 0.29) is 15.7 Å². The summed E-state index contributed by atoms with van der Waals surface area (Å²) in [5.74, 6) is -1.66. The van der Waals surface area contributed by atoms with E-state index in [0.717, 1.165) is 0 Å². The number of nitrogens with zero attached hydrogens (tertiary/aromatic N) is 1. The van der Waals surface area contributed by atoms with Gasteiger partial charge in [0.05, 0.1) is 10.6 Å². The van der Waals surface area contributed by atoms with Crippen molar-refractivity contribution in [3.63, 3.8) is 0 Å². The number of aromatic nitrogens is 1. The van der Waals surface area contributed by atoms with E-state index in [1.807, 2.05) is 0 Å². The third-order valence-electron chi connectivity index (χ3n) is 2.45. The van der Waals surface area contributed by atoms with Gasteiger partial charge in [0, 0.05) is 6.20 Å². The van der Waals surface area contributed by atoms with E-state index in [1.165, 1.54) is 12.3 Å². The molecule has 0 saturated carbocycles. The van der Waals surface area contributed by atoms with Crippen LogP contribution < -0.4 is 5.32 Å². The largest absolute Gasteiger partial charge is 0.480 e. The number of carbonyl (C=O) groups is 2. The van der Waals surface area contributed by atoms with Crippen molar-refractivity contribution in [2.75, 3.05) is 0 Å². The molecule has 1 aromatic rings. The van der Waals surface area contributed by atoms with Crippen LogP contribution in [0, 0.1) is 5.41 Å². The van der Waals surface area contributed by atoms with Crippen LogP contribution in [-0.2, 0) is 4.79 Å². The molecule has 0 fully saturated rings. The molecule has 0 aromatic carbocycles. The maximum absolute atomic E-state index is 12.0. The SMILES string of the molecule is CC(C)(C)[C@@H](NC(=O)c1cnc(Cl)c(Cl)c1)C(=O)O. The first-order valence-corrected chi connectivity index (χ1v) is 6.23. The molecular formula is C12H14Cl2N2O3. The highest BCUT2D eigenvalue weighted by molar-refractivity contribution is 6.41. The van der Waals surface area contributed by atoms with Crippen LogP contribution in [-0.4, -0.2) is 28.0 Å². The summed E-state index contributed by atoms with van der Waals surface area (Å²) in [6.07, 6.45) is 1.24. The Bertz CT molecular complexity index is 512. The van der Waals surface area contributed by atoms with E-state index in [4.69, 9.17) is 28.3 Å². The van der Waals surface area contributed by atoms with Gasteiger partial charge >= 0.3 is 5.97 Å². The van der Waals surface area contributed by atoms with E-state index in [2.05, 4.69) is 10.3 Å². The van der Waals surface area contributed by atoms with Crippen LogP contribution in [0.1, 0.15) is 31.1 Å². The van der Waals surface area contributed by atoms with Crippen molar-refractivity contribution in [2.45, 2.75) is 26.8 Å². The van der Waals surface area contributed by atoms with Gasteiger partial charge in [-0.2, -0.15) is 0 Å². The topological polar surface area (TPSA) is 79.3 Å². The lowest BCUT2D eigenvalue weighted by molar-refractivity contribution is -0.142. The number of carboxylic acids is 1. The van der Waals surface area contributed by atoms with Gasteiger partial charge in [-0.1, -0.05) is 44.0 Å². The lowest BCUT2D eigenvalue weighted by Gasteiger charge is -2.27. The van der Waals surface area contributed by atoms with Crippen LogP contribution in [0.2, 0.25) is 10.2 Å². The van der Waals surface area contributed by atoms with Crippen molar-refractivity contribution in [2.24, 2.45) is 5.41 Å². The van der Waals surface area contributed by atoms with Crippen molar-refractivity contribution in [3.05, 3.63) is 28.0 Å². The zero-order chi connectivity index (χ0) is 14.8. The molecule has 0 saturated heterocycles. The highest BCUT2D eigenvalue weighted by Gasteiger charge is 2.32. The zero-order valence-electron chi connectivity index (χ0n) is 10.7. The van der Waals surface area contributed by atoms with Crippen LogP contribution in [0.25, 0.3) is 0 Å². The van der Waals surface area contributed by atoms with E-state index < -0.39 is 23.3 Å². The third kappa shape index (κ3) is 4.08. The molecule has 1 amide bonds. The Labute approximate surface area is 120 Å². The first kappa shape index (κ1) is 15.7. The molecule has 0 unspecified atom stereocenters. The van der Waals surface area contributed by atoms with Gasteiger partial charge in [0.1, 0.15) is 11.2 Å². The van der Waals surface area contributed by atoms with E-state index >= 15 is 0 Å². The van der Waals surface area contributed by atoms with E-state index in [1.54, 1.807) is 20.8 Å². The predicted octanol–water partition coefficient (Wildman–Crippen LogP) is 2.62. The summed E-state index contributed by atoms with van der Waals surface area (Å²) in [4.78, 5) is 26.8. The first-order chi connectivity index (χ1) is 8.62. The monoisotopic (exact) mass is 304 g/mol. The summed E-state index contributed by atoms with van der Waals surface area (Å²) in [6, 6.07) is 0.322. The smallest absolute Gasteiger partial charge is 0.326 e. The lowest BCUT2D eigenvalue weighted by atomic mass is 9.86. The highest BCUT2D eigenvalue weighted by atomic mass is 35.5. The minimum absolute atomic E-state index is 0.0869. The second-order valence-electron chi connectivity index (χ2n) is 5.11. The maximum Gasteiger partial charge on any atom is 0.326 e. The number of aliphatic carboxylic acids is 1. The van der Waals surface area contributed by atoms with Gasteiger partial charge in [0.25, 0.3) is 5.91 Å². The van der Waals surface area contributed by atoms with Gasteiger partial charge in [-0.25, -0.2) is 9.78 Å². The van der Waals surface area contributed by atoms with Crippen molar-refractivity contribution >= 4 is 35.1 Å². The van der Waals surface area contributed by atoms with Crippen molar-refractivity contribution in [1.29, 1.82) is 0 Å². The van der Waals surface area contributed by atoms with Gasteiger partial charge in [0.2, 0.25) is 0 Å². The molecule has 19 heavy (non-hydrogen) atoms. The van der Waals surface area contributed by atoms with Crippen molar-refractivity contribution in [1.82, 2.24) is 10.3 Å². The number of pyridine rings is 1. The third-order valence-corrected chi connectivity index (χ3v) is 3.13. The molecule has 1 atom stereocenters. The molecule has 0 radical (unpaired) electrons. The molecule has 0 spiro atoms. The fourth-order valence-corrected chi connectivity index (χ4v) is 1.68. The fraction of sp³-hybridized carbons (Fsp3) is 0.417. The molecule has 7 heteroatoms. The molecule has 5 nitrogen and oxygen atoms in total. The first-order valence-electron chi connectivity index (χ1n) is 5.47. The number of rotatable bonds is 3. The minimum atomic E-state index is -1.10. The summed E-state index contributed by atoms with van der Waals surface area (Å²) < 4.78 is 0. The molecule has 0 aliphatic rings. The number of carboxylic acid groups (broad SMARTS) is 1. The quantitative estimate of drug-likeness (QED) is 0.841. The zero-order valence-corrected chi connectivity index (χ0v) is 12.2. The number of nitrogens with one attached hydrogen (secondary N) is 1. The van der Waals surface area contributed by atoms with Crippen LogP contribution in [0.3, 0.4) is 0 Å². The normalized spacial score (nSPS) is 12.9. The molecule has 2 N–H and O–H groups in total. The van der Waals surface area contributed by atoms with Crippen LogP contribution in [0.15, 0.2) is 12.3 Å². The standard InChI is InChI=1S/C12H14Cl2N2O3/c1-12(2,3)8(11(18)19)16-10(17)6-4-7(13)9(14)15-5-6/h4-5,8H,1-3H3,(H,16,17)(H,18,19)/t8-/m0/s1. The number of carbonyl (C=O) groups excluding carboxylic acids is 1. The Morgan fingerprint density at radius 1 is 1.37 bits per heavy atom. The van der Waals surface area contributed by atoms with Crippen molar-refractivity contribution in [3.8, 4) is 0 Å². The summed E-state index contributed by atoms with van der Waals surface area (Å²) in [5, 5.41) is 11.8. The van der Waals surface area contributed by atoms with Crippen LogP contribution >= 0.6 is 23.2 Å². The summed E-state index contributed by atoms with van der Waals surface area (Å²) in [6.45, 7) is 5.16. The summed E-state index contributed by atoms with van der Waals surface area (Å²) in [5.41, 5.74) is -0.463. The molecule has 104 valence electrons. The van der Waals surface area contributed by atoms with Crippen LogP contribution in [0.4, 0.5) is 0 Å². The minimum Gasteiger partial charge on any atom is -0.480 e. The molecule has 0 aliphatic carbocycles. The average molecular weight is 305 g/mol. The van der Waals surface area contributed by atoms with Gasteiger partial charge < -0.3 is 10.4 Å². The van der Waals surface area contributed by atoms with Crippen molar-refractivity contribution < 1.29 is 14.7 Å². The van der Waals surface area contributed by atoms with Gasteiger partial charge in [0.15, 0.2) is 0 Å². The molecule has 1 heterocycles. The second-order valence-corrected chi connectivity index (χ2v) is 5.87. The predicted molar refractivity (Wildman–Crippen MR) is 72.6 cm³/mol. The Morgan fingerprint density at radius 2 is 1.95 bits per heavy atom. The maximum atomic E-state index is 12.0. The Morgan fingerprint density at radius 3 is 2.37 bits per heavy atom. The summed E-state index contributed by atoms with van der Waals surface area (Å²) in [7, 11) is 0. The Hall–Kier alpha value is -1.33. The molecule has 1 aromatic heterocycles. The average Bonchev–Trinajstić information content (AvgIpc) is 2.27. The lowest BCUT2D eigenvalue weighted by Crippen LogP contribution is -2.49. The Kier molecular flexibility index (Phi) is 4.76.